The topological polar surface area (TPSA) is 30.5 Å². The third kappa shape index (κ3) is 6.89. The van der Waals surface area contributed by atoms with Crippen LogP contribution >= 0.6 is 0 Å². The molecule has 1 N–H and O–H groups in total. The van der Waals surface area contributed by atoms with Crippen LogP contribution in [0, 0.1) is 0 Å². The molecule has 3 nitrogen and oxygen atoms in total. The molecule has 15 heavy (non-hydrogen) atoms. The van der Waals surface area contributed by atoms with Gasteiger partial charge in [0.1, 0.15) is 0 Å². The van der Waals surface area contributed by atoms with Gasteiger partial charge in [-0.2, -0.15) is 0 Å². The molecule has 1 aliphatic heterocycles. The first-order valence-electron chi connectivity index (χ1n) is 5.69. The summed E-state index contributed by atoms with van der Waals surface area (Å²) in [4.78, 5) is 0. The van der Waals surface area contributed by atoms with E-state index in [-0.39, 0.29) is 7.12 Å². The molecular formula is C10H22BNO2Si. The van der Waals surface area contributed by atoms with Crippen LogP contribution in [-0.2, 0) is 9.31 Å². The van der Waals surface area contributed by atoms with Crippen LogP contribution in [0.25, 0.3) is 0 Å². The van der Waals surface area contributed by atoms with Crippen molar-refractivity contribution in [2.45, 2.75) is 26.0 Å². The summed E-state index contributed by atoms with van der Waals surface area (Å²) >= 11 is 0. The molecule has 1 fully saturated rings. The van der Waals surface area contributed by atoms with Crippen LogP contribution in [0.4, 0.5) is 0 Å². The minimum absolute atomic E-state index is 0.0419. The zero-order valence-electron chi connectivity index (χ0n) is 10.1. The van der Waals surface area contributed by atoms with Gasteiger partial charge in [-0.15, -0.1) is 0 Å². The van der Waals surface area contributed by atoms with Crippen LogP contribution < -0.4 is 5.32 Å². The number of hydrogen-bond donors (Lipinski definition) is 1. The van der Waals surface area contributed by atoms with Crippen molar-refractivity contribution in [3.8, 4) is 0 Å². The molecule has 0 atom stereocenters. The number of rotatable bonds is 3. The van der Waals surface area contributed by atoms with E-state index in [4.69, 9.17) is 9.31 Å². The van der Waals surface area contributed by atoms with E-state index >= 15 is 0 Å². The smallest absolute Gasteiger partial charge is 0.410 e. The molecule has 1 aliphatic rings. The highest BCUT2D eigenvalue weighted by molar-refractivity contribution is 6.81. The molecule has 0 amide bonds. The summed E-state index contributed by atoms with van der Waals surface area (Å²) in [5.41, 5.74) is 2.34. The zero-order valence-corrected chi connectivity index (χ0v) is 11.1. The maximum absolute atomic E-state index is 5.58. The summed E-state index contributed by atoms with van der Waals surface area (Å²) in [7, 11) is -1.11. The van der Waals surface area contributed by atoms with E-state index in [1.54, 1.807) is 0 Å². The monoisotopic (exact) mass is 227 g/mol. The summed E-state index contributed by atoms with van der Waals surface area (Å²) in [6.45, 7) is 10.3. The number of hydrogen-bond acceptors (Lipinski definition) is 3. The van der Waals surface area contributed by atoms with Crippen LogP contribution in [0.5, 0.6) is 0 Å². The van der Waals surface area contributed by atoms with Crippen molar-refractivity contribution in [3.05, 3.63) is 11.8 Å². The molecule has 1 saturated heterocycles. The Morgan fingerprint density at radius 3 is 2.33 bits per heavy atom. The fourth-order valence-corrected chi connectivity index (χ4v) is 2.21. The highest BCUT2D eigenvalue weighted by atomic mass is 28.3. The van der Waals surface area contributed by atoms with Crippen LogP contribution in [-0.4, -0.2) is 41.5 Å². The van der Waals surface area contributed by atoms with Crippen LogP contribution in [0.1, 0.15) is 0 Å². The van der Waals surface area contributed by atoms with E-state index in [0.29, 0.717) is 0 Å². The van der Waals surface area contributed by atoms with Crippen molar-refractivity contribution in [1.29, 1.82) is 0 Å². The van der Waals surface area contributed by atoms with E-state index in [9.17, 15) is 0 Å². The third-order valence-electron chi connectivity index (χ3n) is 2.11. The maximum Gasteiger partial charge on any atom is 0.460 e. The van der Waals surface area contributed by atoms with Crippen LogP contribution in [0.15, 0.2) is 11.8 Å². The maximum atomic E-state index is 5.58. The lowest BCUT2D eigenvalue weighted by atomic mass is 9.84. The quantitative estimate of drug-likeness (QED) is 0.742. The summed E-state index contributed by atoms with van der Waals surface area (Å²) in [5.74, 6) is 0. The van der Waals surface area contributed by atoms with Crippen LogP contribution in [0.3, 0.4) is 0 Å². The minimum Gasteiger partial charge on any atom is -0.410 e. The van der Waals surface area contributed by atoms with Gasteiger partial charge >= 0.3 is 7.12 Å². The Morgan fingerprint density at radius 2 is 1.80 bits per heavy atom. The van der Waals surface area contributed by atoms with E-state index in [1.165, 1.54) is 0 Å². The fraction of sp³-hybridized carbons (Fsp3) is 0.800. The van der Waals surface area contributed by atoms with E-state index < -0.39 is 8.07 Å². The zero-order chi connectivity index (χ0) is 11.1. The Bertz CT molecular complexity index is 198. The Labute approximate surface area is 94.4 Å². The van der Waals surface area contributed by atoms with Gasteiger partial charge in [0.15, 0.2) is 0 Å². The van der Waals surface area contributed by atoms with Crippen molar-refractivity contribution in [2.24, 2.45) is 0 Å². The van der Waals surface area contributed by atoms with Gasteiger partial charge in [0.25, 0.3) is 0 Å². The largest absolute Gasteiger partial charge is 0.460 e. The summed E-state index contributed by atoms with van der Waals surface area (Å²) < 4.78 is 11.2. The lowest BCUT2D eigenvalue weighted by Gasteiger charge is -2.17. The molecule has 0 unspecified atom stereocenters. The highest BCUT2D eigenvalue weighted by Gasteiger charge is 2.18. The van der Waals surface area contributed by atoms with E-state index in [2.05, 4.69) is 36.7 Å². The molecule has 0 aromatic rings. The molecule has 1 rings (SSSR count). The minimum atomic E-state index is -1.07. The number of nitrogens with one attached hydrogen (secondary N) is 1. The average molecular weight is 227 g/mol. The molecule has 0 aliphatic carbocycles. The molecule has 5 heteroatoms. The van der Waals surface area contributed by atoms with Gasteiger partial charge in [0, 0.05) is 26.3 Å². The third-order valence-corrected chi connectivity index (χ3v) is 3.35. The Hall–Kier alpha value is -0.0982. The molecule has 0 radical (unpaired) electrons. The first-order valence-corrected chi connectivity index (χ1v) is 9.27. The van der Waals surface area contributed by atoms with E-state index in [1.807, 2.05) is 0 Å². The van der Waals surface area contributed by atoms with Gasteiger partial charge in [0.2, 0.25) is 0 Å². The first kappa shape index (κ1) is 13.0. The fourth-order valence-electron chi connectivity index (χ4n) is 1.37. The van der Waals surface area contributed by atoms with Gasteiger partial charge < -0.3 is 14.6 Å². The molecule has 0 spiro atoms. The number of allylic oxidation sites excluding steroid dienone is 1. The lowest BCUT2D eigenvalue weighted by Crippen LogP contribution is -2.35. The average Bonchev–Trinajstić information content (AvgIpc) is 2.06. The van der Waals surface area contributed by atoms with Gasteiger partial charge in [-0.3, -0.25) is 0 Å². The molecule has 86 valence electrons. The predicted octanol–water partition coefficient (Wildman–Crippen LogP) is 1.54. The Kier molecular flexibility index (Phi) is 5.60. The Morgan fingerprint density at radius 1 is 1.20 bits per heavy atom. The first-order chi connectivity index (χ1) is 7.08. The second-order valence-corrected chi connectivity index (χ2v) is 9.99. The van der Waals surface area contributed by atoms with Crippen molar-refractivity contribution >= 4 is 15.2 Å². The van der Waals surface area contributed by atoms with Crippen molar-refractivity contribution in [1.82, 2.24) is 5.32 Å². The van der Waals surface area contributed by atoms with Gasteiger partial charge in [-0.25, -0.2) is 0 Å². The summed E-state index contributed by atoms with van der Waals surface area (Å²) in [5, 5.41) is 3.23. The van der Waals surface area contributed by atoms with E-state index in [0.717, 1.165) is 32.6 Å². The molecule has 0 saturated carbocycles. The molecule has 0 aromatic carbocycles. The normalized spacial score (nSPS) is 20.3. The highest BCUT2D eigenvalue weighted by Crippen LogP contribution is 2.06. The van der Waals surface area contributed by atoms with Crippen molar-refractivity contribution in [2.75, 3.05) is 26.3 Å². The second kappa shape index (κ2) is 6.48. The van der Waals surface area contributed by atoms with Gasteiger partial charge in [-0.05, 0) is 6.32 Å². The van der Waals surface area contributed by atoms with Gasteiger partial charge in [-0.1, -0.05) is 31.4 Å². The standard InChI is InChI=1S/C10H22BNO2Si/c1-15(2,3)10-4-5-11-13-8-6-12-7-9-14-11/h4,10,12H,5-9H2,1-3H3/b10-4+. The Balaban J connectivity index is 2.26. The molecule has 0 aromatic heterocycles. The predicted molar refractivity (Wildman–Crippen MR) is 67.8 cm³/mol. The SMILES string of the molecule is C[Si](C)(C)/C=C/CB1OCCNCCO1. The van der Waals surface area contributed by atoms with Crippen molar-refractivity contribution < 1.29 is 9.31 Å². The molecule has 1 heterocycles. The molecule has 0 bridgehead atoms. The van der Waals surface area contributed by atoms with Gasteiger partial charge in [0.05, 0.1) is 8.07 Å². The van der Waals surface area contributed by atoms with Crippen molar-refractivity contribution in [3.63, 3.8) is 0 Å². The second-order valence-electron chi connectivity index (χ2n) is 4.93. The molecular weight excluding hydrogens is 205 g/mol. The summed E-state index contributed by atoms with van der Waals surface area (Å²) in [6, 6.07) is 0. The van der Waals surface area contributed by atoms with Crippen LogP contribution in [0.2, 0.25) is 26.0 Å². The lowest BCUT2D eigenvalue weighted by molar-refractivity contribution is 0.179. The summed E-state index contributed by atoms with van der Waals surface area (Å²) in [6.07, 6.45) is 3.09.